The number of halogens is 1. The summed E-state index contributed by atoms with van der Waals surface area (Å²) >= 11 is 3.31. The summed E-state index contributed by atoms with van der Waals surface area (Å²) in [6, 6.07) is 6.86. The molecule has 0 bridgehead atoms. The van der Waals surface area contributed by atoms with Gasteiger partial charge in [-0.15, -0.1) is 0 Å². The molecule has 23 heavy (non-hydrogen) atoms. The van der Waals surface area contributed by atoms with E-state index in [9.17, 15) is 14.4 Å². The molecule has 0 saturated carbocycles. The van der Waals surface area contributed by atoms with Gasteiger partial charge >= 0.3 is 6.09 Å². The maximum atomic E-state index is 12.6. The monoisotopic (exact) mass is 381 g/mol. The molecule has 124 valence electrons. The molecular weight excluding hydrogens is 362 g/mol. The standard InChI is InChI=1S/C17H20BrNO4/c1-17(2,3)23-16(22)19-10-4-5-13(15(19)21)14(20)11-6-8-12(18)9-7-11/h6-9,13H,4-5,10H2,1-3H3/t13-/m1/s1. The number of hydrogen-bond donors (Lipinski definition) is 0. The topological polar surface area (TPSA) is 63.7 Å². The molecular formula is C17H20BrNO4. The van der Waals surface area contributed by atoms with E-state index in [0.29, 0.717) is 18.4 Å². The first-order valence-electron chi connectivity index (χ1n) is 7.53. The molecule has 2 amide bonds. The number of benzene rings is 1. The van der Waals surface area contributed by atoms with E-state index in [0.717, 1.165) is 9.37 Å². The highest BCUT2D eigenvalue weighted by Crippen LogP contribution is 2.24. The molecule has 1 atom stereocenters. The van der Waals surface area contributed by atoms with Crippen LogP contribution in [0.4, 0.5) is 4.79 Å². The van der Waals surface area contributed by atoms with Crippen molar-refractivity contribution in [1.29, 1.82) is 0 Å². The number of rotatable bonds is 2. The van der Waals surface area contributed by atoms with Crippen LogP contribution in [0.25, 0.3) is 0 Å². The Morgan fingerprint density at radius 1 is 1.22 bits per heavy atom. The quantitative estimate of drug-likeness (QED) is 0.577. The van der Waals surface area contributed by atoms with Gasteiger partial charge in [0.05, 0.1) is 0 Å². The molecule has 1 heterocycles. The fourth-order valence-corrected chi connectivity index (χ4v) is 2.70. The minimum atomic E-state index is -0.822. The molecule has 2 rings (SSSR count). The summed E-state index contributed by atoms with van der Waals surface area (Å²) in [4.78, 5) is 38.3. The van der Waals surface area contributed by atoms with Crippen molar-refractivity contribution in [2.75, 3.05) is 6.54 Å². The van der Waals surface area contributed by atoms with E-state index in [4.69, 9.17) is 4.74 Å². The van der Waals surface area contributed by atoms with Gasteiger partial charge in [-0.1, -0.05) is 28.1 Å². The predicted octanol–water partition coefficient (Wildman–Crippen LogP) is 3.81. The Morgan fingerprint density at radius 2 is 1.83 bits per heavy atom. The van der Waals surface area contributed by atoms with Crippen molar-refractivity contribution in [2.24, 2.45) is 5.92 Å². The number of piperidine rings is 1. The molecule has 0 spiro atoms. The lowest BCUT2D eigenvalue weighted by molar-refractivity contribution is -0.135. The van der Waals surface area contributed by atoms with Crippen LogP contribution in [0.5, 0.6) is 0 Å². The number of hydrogen-bond acceptors (Lipinski definition) is 4. The summed E-state index contributed by atoms with van der Waals surface area (Å²) in [7, 11) is 0. The third-order valence-electron chi connectivity index (χ3n) is 3.50. The molecule has 0 aliphatic carbocycles. The third kappa shape index (κ3) is 4.41. The molecule has 0 radical (unpaired) electrons. The smallest absolute Gasteiger partial charge is 0.417 e. The van der Waals surface area contributed by atoms with Crippen LogP contribution in [-0.2, 0) is 9.53 Å². The molecule has 0 N–H and O–H groups in total. The Morgan fingerprint density at radius 3 is 2.39 bits per heavy atom. The van der Waals surface area contributed by atoms with E-state index in [1.165, 1.54) is 0 Å². The molecule has 6 heteroatoms. The Balaban J connectivity index is 2.14. The maximum absolute atomic E-state index is 12.6. The van der Waals surface area contributed by atoms with Gasteiger partial charge in [0.25, 0.3) is 0 Å². The first-order chi connectivity index (χ1) is 10.7. The molecule has 0 aromatic heterocycles. The average Bonchev–Trinajstić information content (AvgIpc) is 2.45. The van der Waals surface area contributed by atoms with Crippen LogP contribution in [0.15, 0.2) is 28.7 Å². The van der Waals surface area contributed by atoms with Gasteiger partial charge in [0.15, 0.2) is 5.78 Å². The summed E-state index contributed by atoms with van der Waals surface area (Å²) in [5.74, 6) is -1.55. The van der Waals surface area contributed by atoms with Crippen molar-refractivity contribution < 1.29 is 19.1 Å². The van der Waals surface area contributed by atoms with Gasteiger partial charge in [-0.25, -0.2) is 9.69 Å². The van der Waals surface area contributed by atoms with Gasteiger partial charge in [0.1, 0.15) is 11.5 Å². The van der Waals surface area contributed by atoms with Gasteiger partial charge < -0.3 is 4.74 Å². The fourth-order valence-electron chi connectivity index (χ4n) is 2.43. The zero-order valence-electron chi connectivity index (χ0n) is 13.5. The van der Waals surface area contributed by atoms with Crippen LogP contribution in [0.2, 0.25) is 0 Å². The molecule has 5 nitrogen and oxygen atoms in total. The zero-order valence-corrected chi connectivity index (χ0v) is 15.1. The highest BCUT2D eigenvalue weighted by Gasteiger charge is 2.39. The summed E-state index contributed by atoms with van der Waals surface area (Å²) in [5, 5.41) is 0. The van der Waals surface area contributed by atoms with Gasteiger partial charge in [0, 0.05) is 16.6 Å². The van der Waals surface area contributed by atoms with Gasteiger partial charge in [-0.2, -0.15) is 0 Å². The minimum absolute atomic E-state index is 0.254. The van der Waals surface area contributed by atoms with Gasteiger partial charge in [-0.3, -0.25) is 9.59 Å². The second-order valence-corrected chi connectivity index (χ2v) is 7.45. The molecule has 1 fully saturated rings. The van der Waals surface area contributed by atoms with Crippen LogP contribution in [0.1, 0.15) is 44.0 Å². The number of likely N-dealkylation sites (tertiary alicyclic amines) is 1. The lowest BCUT2D eigenvalue weighted by Crippen LogP contribution is -2.49. The van der Waals surface area contributed by atoms with Crippen molar-refractivity contribution in [1.82, 2.24) is 4.90 Å². The molecule has 1 aliphatic heterocycles. The summed E-state index contributed by atoms with van der Waals surface area (Å²) in [6.07, 6.45) is 0.362. The zero-order chi connectivity index (χ0) is 17.2. The lowest BCUT2D eigenvalue weighted by Gasteiger charge is -2.31. The minimum Gasteiger partial charge on any atom is -0.443 e. The van der Waals surface area contributed by atoms with E-state index < -0.39 is 23.5 Å². The van der Waals surface area contributed by atoms with Crippen LogP contribution in [0.3, 0.4) is 0 Å². The second-order valence-electron chi connectivity index (χ2n) is 6.54. The predicted molar refractivity (Wildman–Crippen MR) is 89.1 cm³/mol. The lowest BCUT2D eigenvalue weighted by atomic mass is 9.89. The summed E-state index contributed by atoms with van der Waals surface area (Å²) in [6.45, 7) is 5.51. The molecule has 1 aromatic carbocycles. The molecule has 1 saturated heterocycles. The first kappa shape index (κ1) is 17.7. The van der Waals surface area contributed by atoms with E-state index in [1.54, 1.807) is 45.0 Å². The number of carbonyl (C=O) groups excluding carboxylic acids is 3. The molecule has 1 aliphatic rings. The normalized spacial score (nSPS) is 18.7. The van der Waals surface area contributed by atoms with Gasteiger partial charge in [-0.05, 0) is 45.7 Å². The summed E-state index contributed by atoms with van der Waals surface area (Å²) < 4.78 is 6.11. The largest absolute Gasteiger partial charge is 0.443 e. The van der Waals surface area contributed by atoms with Crippen LogP contribution in [-0.4, -0.2) is 34.8 Å². The van der Waals surface area contributed by atoms with Crippen molar-refractivity contribution in [3.63, 3.8) is 0 Å². The van der Waals surface area contributed by atoms with Crippen molar-refractivity contribution >= 4 is 33.7 Å². The number of ether oxygens (including phenoxy) is 1. The van der Waals surface area contributed by atoms with E-state index >= 15 is 0 Å². The average molecular weight is 382 g/mol. The van der Waals surface area contributed by atoms with Crippen molar-refractivity contribution in [3.05, 3.63) is 34.3 Å². The van der Waals surface area contributed by atoms with Gasteiger partial charge in [0.2, 0.25) is 5.91 Å². The Labute approximate surface area is 144 Å². The van der Waals surface area contributed by atoms with Crippen molar-refractivity contribution in [3.8, 4) is 0 Å². The molecule has 0 unspecified atom stereocenters. The SMILES string of the molecule is CC(C)(C)OC(=O)N1CCC[C@H](C(=O)c2ccc(Br)cc2)C1=O. The highest BCUT2D eigenvalue weighted by atomic mass is 79.9. The number of imide groups is 1. The van der Waals surface area contributed by atoms with Crippen LogP contribution in [0, 0.1) is 5.92 Å². The van der Waals surface area contributed by atoms with Crippen LogP contribution >= 0.6 is 15.9 Å². The van der Waals surface area contributed by atoms with E-state index in [2.05, 4.69) is 15.9 Å². The first-order valence-corrected chi connectivity index (χ1v) is 8.32. The summed E-state index contributed by atoms with van der Waals surface area (Å²) in [5.41, 5.74) is -0.211. The van der Waals surface area contributed by atoms with Crippen LogP contribution < -0.4 is 0 Å². The number of ketones is 1. The second kappa shape index (κ2) is 6.83. The Kier molecular flexibility index (Phi) is 5.24. The number of amides is 2. The number of carbonyl (C=O) groups is 3. The third-order valence-corrected chi connectivity index (χ3v) is 4.03. The molecule has 1 aromatic rings. The number of Topliss-reactive ketones (excluding diaryl/α,β-unsaturated/α-hetero) is 1. The van der Waals surface area contributed by atoms with Crippen molar-refractivity contribution in [2.45, 2.75) is 39.2 Å². The van der Waals surface area contributed by atoms with E-state index in [1.807, 2.05) is 0 Å². The fraction of sp³-hybridized carbons (Fsp3) is 0.471. The Bertz CT molecular complexity index is 618. The Hall–Kier alpha value is -1.69. The highest BCUT2D eigenvalue weighted by molar-refractivity contribution is 9.10. The number of nitrogens with zero attached hydrogens (tertiary/aromatic N) is 1. The maximum Gasteiger partial charge on any atom is 0.417 e. The van der Waals surface area contributed by atoms with E-state index in [-0.39, 0.29) is 12.3 Å².